The van der Waals surface area contributed by atoms with Gasteiger partial charge in [0.15, 0.2) is 0 Å². The van der Waals surface area contributed by atoms with E-state index in [2.05, 4.69) is 25.2 Å². The number of amides is 3. The Morgan fingerprint density at radius 3 is 2.31 bits per heavy atom. The smallest absolute Gasteiger partial charge is 0.246 e. The van der Waals surface area contributed by atoms with E-state index in [0.717, 1.165) is 43.4 Å². The van der Waals surface area contributed by atoms with Gasteiger partial charge in [0.05, 0.1) is 6.54 Å². The minimum atomic E-state index is -3.92. The summed E-state index contributed by atoms with van der Waals surface area (Å²) in [5.74, 6) is -1.33. The molecule has 2 aliphatic heterocycles. The molecule has 0 saturated carbocycles. The molecular weight excluding hydrogens is 580 g/mol. The third-order valence-corrected chi connectivity index (χ3v) is 8.71. The van der Waals surface area contributed by atoms with Crippen molar-refractivity contribution in [3.05, 3.63) is 64.8 Å². The lowest BCUT2D eigenvalue weighted by molar-refractivity contribution is -0.137. The van der Waals surface area contributed by atoms with Gasteiger partial charge in [0, 0.05) is 67.2 Å². The number of hydrogen-bond acceptors (Lipinski definition) is 7. The van der Waals surface area contributed by atoms with Crippen molar-refractivity contribution >= 4 is 51.1 Å². The number of carbonyl (C=O) groups excluding carboxylic acids is 3. The molecule has 1 aromatic carbocycles. The van der Waals surface area contributed by atoms with Crippen molar-refractivity contribution in [3.8, 4) is 0 Å². The van der Waals surface area contributed by atoms with E-state index in [1.807, 2.05) is 12.1 Å². The minimum Gasteiger partial charge on any atom is -0.371 e. The second-order valence-electron chi connectivity index (χ2n) is 10.4. The first-order valence-electron chi connectivity index (χ1n) is 14.1. The molecule has 2 aliphatic rings. The molecule has 226 valence electrons. The Bertz CT molecular complexity index is 1340. The van der Waals surface area contributed by atoms with Gasteiger partial charge in [-0.1, -0.05) is 23.7 Å². The van der Waals surface area contributed by atoms with Crippen LogP contribution in [0.2, 0.25) is 5.02 Å². The summed E-state index contributed by atoms with van der Waals surface area (Å²) in [6.07, 6.45) is 8.96. The van der Waals surface area contributed by atoms with Crippen molar-refractivity contribution in [2.24, 2.45) is 5.92 Å². The molecule has 2 saturated heterocycles. The summed E-state index contributed by atoms with van der Waals surface area (Å²) in [5, 5.41) is 6.97. The number of likely N-dealkylation sites (tertiary alicyclic amines) is 1. The maximum Gasteiger partial charge on any atom is 0.246 e. The Morgan fingerprint density at radius 2 is 1.64 bits per heavy atom. The quantitative estimate of drug-likeness (QED) is 0.351. The van der Waals surface area contributed by atoms with E-state index in [1.165, 1.54) is 6.08 Å². The summed E-state index contributed by atoms with van der Waals surface area (Å²) in [7, 11) is -3.92. The van der Waals surface area contributed by atoms with Gasteiger partial charge in [-0.3, -0.25) is 19.4 Å². The highest BCUT2D eigenvalue weighted by atomic mass is 35.5. The molecule has 2 aromatic rings. The first-order valence-corrected chi connectivity index (χ1v) is 16.1. The number of carbonyl (C=O) groups is 3. The number of rotatable bonds is 11. The summed E-state index contributed by atoms with van der Waals surface area (Å²) >= 11 is 5.85. The summed E-state index contributed by atoms with van der Waals surface area (Å²) in [5.41, 5.74) is 1.69. The Balaban J connectivity index is 1.30. The van der Waals surface area contributed by atoms with Gasteiger partial charge in [-0.05, 0) is 68.0 Å². The first kappa shape index (κ1) is 31.5. The molecule has 2 fully saturated rings. The van der Waals surface area contributed by atoms with Crippen LogP contribution in [0.3, 0.4) is 0 Å². The van der Waals surface area contributed by atoms with Gasteiger partial charge in [0.25, 0.3) is 0 Å². The van der Waals surface area contributed by atoms with Crippen molar-refractivity contribution in [1.29, 1.82) is 0 Å². The van der Waals surface area contributed by atoms with Crippen LogP contribution in [0.5, 0.6) is 0 Å². The molecule has 3 heterocycles. The molecule has 42 heavy (non-hydrogen) atoms. The highest BCUT2D eigenvalue weighted by Crippen LogP contribution is 2.23. The molecule has 3 amide bonds. The number of nitrogens with one attached hydrogen (secondary N) is 3. The van der Waals surface area contributed by atoms with E-state index in [1.54, 1.807) is 41.6 Å². The summed E-state index contributed by atoms with van der Waals surface area (Å²) in [6, 6.07) is 9.47. The largest absolute Gasteiger partial charge is 0.371 e. The molecule has 1 aromatic heterocycles. The van der Waals surface area contributed by atoms with Gasteiger partial charge < -0.3 is 20.4 Å². The van der Waals surface area contributed by atoms with Crippen LogP contribution in [0.1, 0.15) is 37.7 Å². The number of pyridine rings is 1. The van der Waals surface area contributed by atoms with Crippen molar-refractivity contribution in [2.45, 2.75) is 38.1 Å². The van der Waals surface area contributed by atoms with Crippen LogP contribution in [-0.2, 0) is 24.4 Å². The van der Waals surface area contributed by atoms with Crippen LogP contribution in [0.25, 0.3) is 6.08 Å². The number of benzene rings is 1. The number of hydrogen-bond donors (Lipinski definition) is 3. The van der Waals surface area contributed by atoms with Gasteiger partial charge in [0.1, 0.15) is 6.04 Å². The SMILES string of the molecule is O=C(CNS(=O)(=O)C=Cc1ccc(Cl)cc1)NC(CNC(=O)C1CCN(c2ccncc2)CC1)C(=O)N1CCCCC1. The molecule has 0 bridgehead atoms. The Kier molecular flexibility index (Phi) is 11.3. The normalized spacial score (nSPS) is 17.2. The van der Waals surface area contributed by atoms with Gasteiger partial charge in [-0.25, -0.2) is 13.1 Å². The average molecular weight is 617 g/mol. The van der Waals surface area contributed by atoms with Crippen molar-refractivity contribution in [2.75, 3.05) is 44.2 Å². The Labute approximate surface area is 251 Å². The Morgan fingerprint density at radius 1 is 0.976 bits per heavy atom. The van der Waals surface area contributed by atoms with Crippen LogP contribution in [-0.4, -0.2) is 81.3 Å². The van der Waals surface area contributed by atoms with Crippen LogP contribution < -0.4 is 20.3 Å². The topological polar surface area (TPSA) is 141 Å². The maximum atomic E-state index is 13.3. The fourth-order valence-corrected chi connectivity index (χ4v) is 5.93. The number of aromatic nitrogens is 1. The van der Waals surface area contributed by atoms with E-state index >= 15 is 0 Å². The van der Waals surface area contributed by atoms with E-state index in [0.29, 0.717) is 36.5 Å². The molecule has 3 N–H and O–H groups in total. The Hall–Kier alpha value is -3.48. The second kappa shape index (κ2) is 15.1. The zero-order valence-corrected chi connectivity index (χ0v) is 24.9. The molecule has 13 heteroatoms. The predicted molar refractivity (Wildman–Crippen MR) is 162 cm³/mol. The highest BCUT2D eigenvalue weighted by Gasteiger charge is 2.30. The summed E-state index contributed by atoms with van der Waals surface area (Å²) in [4.78, 5) is 47.0. The lowest BCUT2D eigenvalue weighted by Gasteiger charge is -2.33. The number of halogens is 1. The number of nitrogens with zero attached hydrogens (tertiary/aromatic N) is 3. The lowest BCUT2D eigenvalue weighted by Crippen LogP contribution is -2.56. The maximum absolute atomic E-state index is 13.3. The van der Waals surface area contributed by atoms with E-state index in [9.17, 15) is 22.8 Å². The van der Waals surface area contributed by atoms with Crippen molar-refractivity contribution < 1.29 is 22.8 Å². The molecule has 1 atom stereocenters. The summed E-state index contributed by atoms with van der Waals surface area (Å²) in [6.45, 7) is 1.97. The first-order chi connectivity index (χ1) is 20.2. The third kappa shape index (κ3) is 9.53. The lowest BCUT2D eigenvalue weighted by atomic mass is 9.95. The highest BCUT2D eigenvalue weighted by molar-refractivity contribution is 7.92. The zero-order chi connectivity index (χ0) is 30.0. The van der Waals surface area contributed by atoms with Gasteiger partial charge >= 0.3 is 0 Å². The number of piperidine rings is 2. The third-order valence-electron chi connectivity index (χ3n) is 7.42. The van der Waals surface area contributed by atoms with Crippen LogP contribution in [0, 0.1) is 5.92 Å². The second-order valence-corrected chi connectivity index (χ2v) is 12.5. The van der Waals surface area contributed by atoms with E-state index < -0.39 is 28.5 Å². The van der Waals surface area contributed by atoms with Crippen molar-refractivity contribution in [1.82, 2.24) is 25.2 Å². The fourth-order valence-electron chi connectivity index (χ4n) is 5.04. The monoisotopic (exact) mass is 616 g/mol. The van der Waals surface area contributed by atoms with Gasteiger partial charge in [-0.2, -0.15) is 0 Å². The van der Waals surface area contributed by atoms with Gasteiger partial charge in [-0.15, -0.1) is 0 Å². The number of sulfonamides is 1. The standard InChI is InChI=1S/C29H37ClN6O5S/c30-24-6-4-22(5-7-24)12-19-42(40,41)33-21-27(37)34-26(29(39)36-15-2-1-3-16-36)20-32-28(38)23-10-17-35(18-11-23)25-8-13-31-14-9-25/h4-9,12-14,19,23,26,33H,1-3,10-11,15-18,20-21H2,(H,32,38)(H,34,37). The van der Waals surface area contributed by atoms with Crippen LogP contribution in [0.4, 0.5) is 5.69 Å². The van der Waals surface area contributed by atoms with Gasteiger partial charge in [0.2, 0.25) is 27.7 Å². The van der Waals surface area contributed by atoms with E-state index in [-0.39, 0.29) is 24.3 Å². The zero-order valence-electron chi connectivity index (χ0n) is 23.4. The van der Waals surface area contributed by atoms with Crippen LogP contribution >= 0.6 is 11.6 Å². The molecule has 0 radical (unpaired) electrons. The molecule has 11 nitrogen and oxygen atoms in total. The van der Waals surface area contributed by atoms with Crippen LogP contribution in [0.15, 0.2) is 54.2 Å². The molecule has 0 aliphatic carbocycles. The summed E-state index contributed by atoms with van der Waals surface area (Å²) < 4.78 is 27.0. The fraction of sp³-hybridized carbons (Fsp3) is 0.448. The predicted octanol–water partition coefficient (Wildman–Crippen LogP) is 2.16. The van der Waals surface area contributed by atoms with Crippen molar-refractivity contribution in [3.63, 3.8) is 0 Å². The molecule has 0 spiro atoms. The minimum absolute atomic E-state index is 0.0757. The molecule has 4 rings (SSSR count). The molecule has 1 unspecified atom stereocenters. The molecular formula is C29H37ClN6O5S. The number of anilines is 1. The average Bonchev–Trinajstić information content (AvgIpc) is 3.02. The van der Waals surface area contributed by atoms with E-state index in [4.69, 9.17) is 11.6 Å².